The lowest BCUT2D eigenvalue weighted by atomic mass is 10.0. The quantitative estimate of drug-likeness (QED) is 0.206. The molecule has 10 heteroatoms. The van der Waals surface area contributed by atoms with Crippen molar-refractivity contribution in [3.8, 4) is 5.75 Å². The Bertz CT molecular complexity index is 1660. The summed E-state index contributed by atoms with van der Waals surface area (Å²) in [5.41, 5.74) is 2.74. The predicted octanol–water partition coefficient (Wildman–Crippen LogP) is 5.63. The van der Waals surface area contributed by atoms with Crippen molar-refractivity contribution in [2.24, 2.45) is 0 Å². The molecule has 0 fully saturated rings. The lowest BCUT2D eigenvalue weighted by Gasteiger charge is -2.34. The van der Waals surface area contributed by atoms with E-state index < -0.39 is 28.5 Å². The van der Waals surface area contributed by atoms with Crippen LogP contribution in [0.25, 0.3) is 0 Å². The summed E-state index contributed by atoms with van der Waals surface area (Å²) >= 11 is 6.12. The molecule has 4 aromatic rings. The van der Waals surface area contributed by atoms with E-state index in [1.165, 1.54) is 17.0 Å². The maximum absolute atomic E-state index is 14.4. The molecule has 1 atom stereocenters. The number of carbonyl (C=O) groups is 2. The van der Waals surface area contributed by atoms with Crippen LogP contribution in [0.1, 0.15) is 23.6 Å². The highest BCUT2D eigenvalue weighted by Crippen LogP contribution is 2.27. The number of sulfonamides is 1. The number of methoxy groups -OCH3 is 1. The Morgan fingerprint density at radius 2 is 1.55 bits per heavy atom. The number of hydrogen-bond acceptors (Lipinski definition) is 5. The zero-order chi connectivity index (χ0) is 31.7. The van der Waals surface area contributed by atoms with Gasteiger partial charge in [-0.1, -0.05) is 71.8 Å². The minimum atomic E-state index is -4.19. The normalized spacial score (nSPS) is 11.8. The SMILES string of the molecule is CCNC(=O)C(Cc1ccccc1)N(Cc1cccc(OC)c1)C(=O)CN(c1ccc(Cl)cc1)S(=O)(=O)c1ccc(C)cc1. The molecule has 4 aromatic carbocycles. The number of halogens is 1. The number of ether oxygens (including phenoxy) is 1. The summed E-state index contributed by atoms with van der Waals surface area (Å²) in [6.45, 7) is 3.53. The average molecular weight is 634 g/mol. The van der Waals surface area contributed by atoms with Gasteiger partial charge in [0, 0.05) is 24.5 Å². The van der Waals surface area contributed by atoms with Crippen molar-refractivity contribution in [3.05, 3.63) is 125 Å². The first-order valence-electron chi connectivity index (χ1n) is 14.2. The number of nitrogens with zero attached hydrogens (tertiary/aromatic N) is 2. The van der Waals surface area contributed by atoms with E-state index in [0.29, 0.717) is 17.3 Å². The first kappa shape index (κ1) is 32.6. The van der Waals surface area contributed by atoms with Crippen molar-refractivity contribution in [1.29, 1.82) is 0 Å². The third kappa shape index (κ3) is 8.18. The number of aryl methyl sites for hydroxylation is 1. The summed E-state index contributed by atoms with van der Waals surface area (Å²) in [6, 6.07) is 28.4. The van der Waals surface area contributed by atoms with Gasteiger partial charge in [0.15, 0.2) is 0 Å². The molecule has 0 saturated carbocycles. The van der Waals surface area contributed by atoms with Gasteiger partial charge in [-0.25, -0.2) is 8.42 Å². The zero-order valence-electron chi connectivity index (χ0n) is 24.9. The van der Waals surface area contributed by atoms with Gasteiger partial charge in [0.2, 0.25) is 11.8 Å². The second-order valence-corrected chi connectivity index (χ2v) is 12.6. The van der Waals surface area contributed by atoms with Crippen molar-refractivity contribution in [2.45, 2.75) is 37.8 Å². The van der Waals surface area contributed by atoms with Gasteiger partial charge in [0.05, 0.1) is 17.7 Å². The largest absolute Gasteiger partial charge is 0.497 e. The molecule has 0 aliphatic heterocycles. The molecule has 4 rings (SSSR count). The van der Waals surface area contributed by atoms with Crippen LogP contribution in [-0.2, 0) is 32.6 Å². The van der Waals surface area contributed by atoms with Crippen LogP contribution >= 0.6 is 11.6 Å². The molecule has 0 heterocycles. The monoisotopic (exact) mass is 633 g/mol. The fraction of sp³-hybridized carbons (Fsp3) is 0.235. The standard InChI is InChI=1S/C34H36ClN3O5S/c1-4-36-34(40)32(22-26-9-6-5-7-10-26)37(23-27-11-8-12-30(21-27)43-3)33(39)24-38(29-17-15-28(35)16-18-29)44(41,42)31-19-13-25(2)14-20-31/h5-21,32H,4,22-24H2,1-3H3,(H,36,40). The van der Waals surface area contributed by atoms with Gasteiger partial charge < -0.3 is 15.0 Å². The van der Waals surface area contributed by atoms with E-state index in [4.69, 9.17) is 16.3 Å². The van der Waals surface area contributed by atoms with Gasteiger partial charge in [-0.15, -0.1) is 0 Å². The van der Waals surface area contributed by atoms with E-state index >= 15 is 0 Å². The van der Waals surface area contributed by atoms with E-state index in [9.17, 15) is 18.0 Å². The molecule has 1 N–H and O–H groups in total. The molecule has 230 valence electrons. The van der Waals surface area contributed by atoms with Crippen LogP contribution in [0, 0.1) is 6.92 Å². The Hall–Kier alpha value is -4.34. The maximum atomic E-state index is 14.4. The van der Waals surface area contributed by atoms with Crippen LogP contribution in [-0.4, -0.2) is 51.4 Å². The summed E-state index contributed by atoms with van der Waals surface area (Å²) in [5.74, 6) is -0.296. The Morgan fingerprint density at radius 3 is 2.18 bits per heavy atom. The van der Waals surface area contributed by atoms with Crippen LogP contribution in [0.5, 0.6) is 5.75 Å². The number of nitrogens with one attached hydrogen (secondary N) is 1. The highest BCUT2D eigenvalue weighted by molar-refractivity contribution is 7.92. The lowest BCUT2D eigenvalue weighted by molar-refractivity contribution is -0.140. The third-order valence-electron chi connectivity index (χ3n) is 7.11. The molecular formula is C34H36ClN3O5S. The minimum absolute atomic E-state index is 0.0368. The number of likely N-dealkylation sites (N-methyl/N-ethyl adjacent to an activating group) is 1. The van der Waals surface area contributed by atoms with Crippen LogP contribution < -0.4 is 14.4 Å². The van der Waals surface area contributed by atoms with Crippen LogP contribution in [0.15, 0.2) is 108 Å². The van der Waals surface area contributed by atoms with Gasteiger partial charge in [0.1, 0.15) is 18.3 Å². The van der Waals surface area contributed by atoms with E-state index in [2.05, 4.69) is 5.32 Å². The molecule has 0 spiro atoms. The second-order valence-electron chi connectivity index (χ2n) is 10.3. The molecular weight excluding hydrogens is 598 g/mol. The summed E-state index contributed by atoms with van der Waals surface area (Å²) in [5, 5.41) is 3.28. The van der Waals surface area contributed by atoms with Gasteiger partial charge in [-0.3, -0.25) is 13.9 Å². The summed E-state index contributed by atoms with van der Waals surface area (Å²) < 4.78 is 34.6. The van der Waals surface area contributed by atoms with Crippen molar-refractivity contribution >= 4 is 39.1 Å². The minimum Gasteiger partial charge on any atom is -0.497 e. The molecule has 0 aromatic heterocycles. The van der Waals surface area contributed by atoms with Crippen molar-refractivity contribution in [1.82, 2.24) is 10.2 Å². The van der Waals surface area contributed by atoms with Crippen LogP contribution in [0.2, 0.25) is 5.02 Å². The Labute approximate surface area is 264 Å². The molecule has 8 nitrogen and oxygen atoms in total. The summed E-state index contributed by atoms with van der Waals surface area (Å²) in [6.07, 6.45) is 0.230. The first-order valence-corrected chi connectivity index (χ1v) is 16.0. The number of benzene rings is 4. The second kappa shape index (κ2) is 14.9. The van der Waals surface area contributed by atoms with Gasteiger partial charge in [-0.2, -0.15) is 0 Å². The number of rotatable bonds is 13. The van der Waals surface area contributed by atoms with Crippen LogP contribution in [0.4, 0.5) is 5.69 Å². The highest BCUT2D eigenvalue weighted by Gasteiger charge is 2.34. The molecule has 0 saturated heterocycles. The van der Waals surface area contributed by atoms with Crippen molar-refractivity contribution in [2.75, 3.05) is 24.5 Å². The fourth-order valence-electron chi connectivity index (χ4n) is 4.79. The number of carbonyl (C=O) groups excluding carboxylic acids is 2. The van der Waals surface area contributed by atoms with Gasteiger partial charge in [-0.05, 0) is 73.5 Å². The van der Waals surface area contributed by atoms with E-state index in [-0.39, 0.29) is 29.5 Å². The number of anilines is 1. The molecule has 0 aliphatic rings. The van der Waals surface area contributed by atoms with E-state index in [1.54, 1.807) is 61.7 Å². The number of amides is 2. The molecule has 2 amide bonds. The van der Waals surface area contributed by atoms with Gasteiger partial charge >= 0.3 is 0 Å². The Morgan fingerprint density at radius 1 is 0.886 bits per heavy atom. The lowest BCUT2D eigenvalue weighted by Crippen LogP contribution is -2.53. The van der Waals surface area contributed by atoms with E-state index in [0.717, 1.165) is 21.0 Å². The molecule has 0 bridgehead atoms. The average Bonchev–Trinajstić information content (AvgIpc) is 3.02. The Kier molecular flexibility index (Phi) is 11.0. The van der Waals surface area contributed by atoms with E-state index in [1.807, 2.05) is 50.2 Å². The maximum Gasteiger partial charge on any atom is 0.264 e. The number of hydrogen-bond donors (Lipinski definition) is 1. The highest BCUT2D eigenvalue weighted by atomic mass is 35.5. The molecule has 1 unspecified atom stereocenters. The van der Waals surface area contributed by atoms with Crippen molar-refractivity contribution in [3.63, 3.8) is 0 Å². The zero-order valence-corrected chi connectivity index (χ0v) is 26.5. The molecule has 44 heavy (non-hydrogen) atoms. The smallest absolute Gasteiger partial charge is 0.264 e. The Balaban J connectivity index is 1.80. The molecule has 0 radical (unpaired) electrons. The first-order chi connectivity index (χ1) is 21.1. The summed E-state index contributed by atoms with van der Waals surface area (Å²) in [7, 11) is -2.64. The van der Waals surface area contributed by atoms with Gasteiger partial charge in [0.25, 0.3) is 10.0 Å². The predicted molar refractivity (Wildman–Crippen MR) is 173 cm³/mol. The molecule has 0 aliphatic carbocycles. The van der Waals surface area contributed by atoms with Crippen molar-refractivity contribution < 1.29 is 22.7 Å². The summed E-state index contributed by atoms with van der Waals surface area (Å²) in [4.78, 5) is 29.5. The third-order valence-corrected chi connectivity index (χ3v) is 9.15. The fourth-order valence-corrected chi connectivity index (χ4v) is 6.33. The topological polar surface area (TPSA) is 96.0 Å². The van der Waals surface area contributed by atoms with Crippen LogP contribution in [0.3, 0.4) is 0 Å².